The Morgan fingerprint density at radius 1 is 1.42 bits per heavy atom. The van der Waals surface area contributed by atoms with Crippen molar-refractivity contribution in [3.8, 4) is 0 Å². The first-order valence-electron chi connectivity index (χ1n) is 8.17. The van der Waals surface area contributed by atoms with Crippen molar-refractivity contribution in [1.82, 2.24) is 4.98 Å². The van der Waals surface area contributed by atoms with E-state index < -0.39 is 0 Å². The quantitative estimate of drug-likeness (QED) is 0.867. The van der Waals surface area contributed by atoms with Gasteiger partial charge in [0.2, 0.25) is 11.8 Å². The van der Waals surface area contributed by atoms with Crippen molar-refractivity contribution in [1.29, 1.82) is 0 Å². The lowest BCUT2D eigenvalue weighted by Gasteiger charge is -2.24. The Balaban J connectivity index is 1.53. The van der Waals surface area contributed by atoms with Gasteiger partial charge in [-0.2, -0.15) is 0 Å². The first kappa shape index (κ1) is 16.6. The van der Waals surface area contributed by atoms with Crippen molar-refractivity contribution in [2.45, 2.75) is 39.0 Å². The van der Waals surface area contributed by atoms with Crippen LogP contribution >= 0.6 is 11.3 Å². The number of benzene rings is 1. The molecule has 126 valence electrons. The van der Waals surface area contributed by atoms with Gasteiger partial charge < -0.3 is 10.6 Å². The third-order valence-electron chi connectivity index (χ3n) is 4.19. The Hall–Kier alpha value is -2.21. The van der Waals surface area contributed by atoms with Gasteiger partial charge in [-0.1, -0.05) is 32.0 Å². The number of nitrogens with one attached hydrogen (secondary N) is 2. The van der Waals surface area contributed by atoms with Crippen LogP contribution in [0.3, 0.4) is 0 Å². The van der Waals surface area contributed by atoms with Crippen LogP contribution in [-0.2, 0) is 16.0 Å². The second-order valence-corrected chi connectivity index (χ2v) is 7.22. The highest BCUT2D eigenvalue weighted by molar-refractivity contribution is 7.13. The SMILES string of the molecule is CC(C)c1csc(NC(=O)CC[C@@H]2Cc3ccccc3NC2=O)n1. The number of fused-ring (bicyclic) bond motifs is 1. The largest absolute Gasteiger partial charge is 0.326 e. The number of carbonyl (C=O) groups excluding carboxylic acids is 2. The van der Waals surface area contributed by atoms with Crippen LogP contribution in [0.5, 0.6) is 0 Å². The van der Waals surface area contributed by atoms with Crippen molar-refractivity contribution in [3.63, 3.8) is 0 Å². The van der Waals surface area contributed by atoms with E-state index in [4.69, 9.17) is 0 Å². The number of carbonyl (C=O) groups is 2. The molecule has 0 radical (unpaired) electrons. The van der Waals surface area contributed by atoms with Gasteiger partial charge in [-0.25, -0.2) is 4.98 Å². The van der Waals surface area contributed by atoms with E-state index in [1.807, 2.05) is 29.6 Å². The van der Waals surface area contributed by atoms with Gasteiger partial charge in [-0.3, -0.25) is 9.59 Å². The molecule has 1 aliphatic heterocycles. The highest BCUT2D eigenvalue weighted by atomic mass is 32.1. The Labute approximate surface area is 145 Å². The molecule has 0 fully saturated rings. The minimum absolute atomic E-state index is 0.00200. The fraction of sp³-hybridized carbons (Fsp3) is 0.389. The van der Waals surface area contributed by atoms with E-state index in [0.717, 1.165) is 16.9 Å². The maximum absolute atomic E-state index is 12.2. The van der Waals surface area contributed by atoms with Gasteiger partial charge in [0.25, 0.3) is 0 Å². The second kappa shape index (κ2) is 7.13. The number of rotatable bonds is 5. The number of hydrogen-bond donors (Lipinski definition) is 2. The lowest BCUT2D eigenvalue weighted by Crippen LogP contribution is -2.30. The average molecular weight is 343 g/mol. The van der Waals surface area contributed by atoms with E-state index in [9.17, 15) is 9.59 Å². The van der Waals surface area contributed by atoms with Crippen LogP contribution in [0.1, 0.15) is 43.9 Å². The molecule has 0 unspecified atom stereocenters. The summed E-state index contributed by atoms with van der Waals surface area (Å²) in [6, 6.07) is 7.80. The van der Waals surface area contributed by atoms with Crippen molar-refractivity contribution >= 4 is 34.0 Å². The second-order valence-electron chi connectivity index (χ2n) is 6.37. The lowest BCUT2D eigenvalue weighted by molar-refractivity contribution is -0.121. The molecule has 6 heteroatoms. The number of anilines is 2. The van der Waals surface area contributed by atoms with Gasteiger partial charge in [-0.05, 0) is 30.4 Å². The molecule has 0 aliphatic carbocycles. The highest BCUT2D eigenvalue weighted by Crippen LogP contribution is 2.28. The molecular weight excluding hydrogens is 322 g/mol. The Bertz CT molecular complexity index is 754. The highest BCUT2D eigenvalue weighted by Gasteiger charge is 2.26. The molecular formula is C18H21N3O2S. The standard InChI is InChI=1S/C18H21N3O2S/c1-11(2)15-10-24-18(20-15)21-16(22)8-7-13-9-12-5-3-4-6-14(12)19-17(13)23/h3-6,10-11,13H,7-9H2,1-2H3,(H,19,23)(H,20,21,22)/t13-/m1/s1. The maximum Gasteiger partial charge on any atom is 0.227 e. The average Bonchev–Trinajstić information content (AvgIpc) is 3.01. The molecule has 5 nitrogen and oxygen atoms in total. The lowest BCUT2D eigenvalue weighted by atomic mass is 9.89. The molecule has 0 bridgehead atoms. The Morgan fingerprint density at radius 3 is 2.96 bits per heavy atom. The molecule has 0 saturated heterocycles. The number of hydrogen-bond acceptors (Lipinski definition) is 4. The molecule has 0 spiro atoms. The van der Waals surface area contributed by atoms with Crippen LogP contribution in [-0.4, -0.2) is 16.8 Å². The predicted octanol–water partition coefficient (Wildman–Crippen LogP) is 3.80. The summed E-state index contributed by atoms with van der Waals surface area (Å²) >= 11 is 1.44. The fourth-order valence-corrected chi connectivity index (χ4v) is 3.63. The van der Waals surface area contributed by atoms with E-state index in [0.29, 0.717) is 30.3 Å². The number of thiazole rings is 1. The molecule has 2 N–H and O–H groups in total. The van der Waals surface area contributed by atoms with Crippen LogP contribution in [0.25, 0.3) is 0 Å². The minimum atomic E-state index is -0.159. The molecule has 24 heavy (non-hydrogen) atoms. The zero-order valence-electron chi connectivity index (χ0n) is 13.8. The van der Waals surface area contributed by atoms with E-state index in [-0.39, 0.29) is 17.7 Å². The number of nitrogens with zero attached hydrogens (tertiary/aromatic N) is 1. The molecule has 3 rings (SSSR count). The molecule has 1 aromatic heterocycles. The molecule has 1 aliphatic rings. The molecule has 2 aromatic rings. The van der Waals surface area contributed by atoms with Crippen LogP contribution in [0.15, 0.2) is 29.6 Å². The van der Waals surface area contributed by atoms with Gasteiger partial charge in [0.15, 0.2) is 5.13 Å². The summed E-state index contributed by atoms with van der Waals surface area (Å²) in [7, 11) is 0. The van der Waals surface area contributed by atoms with Crippen LogP contribution < -0.4 is 10.6 Å². The van der Waals surface area contributed by atoms with E-state index in [1.54, 1.807) is 0 Å². The number of para-hydroxylation sites is 1. The van der Waals surface area contributed by atoms with Crippen molar-refractivity contribution in [2.75, 3.05) is 10.6 Å². The van der Waals surface area contributed by atoms with Crippen LogP contribution in [0.2, 0.25) is 0 Å². The summed E-state index contributed by atoms with van der Waals surface area (Å²) in [6.07, 6.45) is 1.54. The number of aromatic nitrogens is 1. The molecule has 1 aromatic carbocycles. The smallest absolute Gasteiger partial charge is 0.227 e. The number of amides is 2. The summed E-state index contributed by atoms with van der Waals surface area (Å²) in [4.78, 5) is 28.7. The summed E-state index contributed by atoms with van der Waals surface area (Å²) in [5, 5.41) is 8.34. The molecule has 0 saturated carbocycles. The third-order valence-corrected chi connectivity index (χ3v) is 4.97. The van der Waals surface area contributed by atoms with Crippen molar-refractivity contribution in [3.05, 3.63) is 40.9 Å². The summed E-state index contributed by atoms with van der Waals surface area (Å²) in [5.74, 6) is 0.0928. The predicted molar refractivity (Wildman–Crippen MR) is 96.3 cm³/mol. The minimum Gasteiger partial charge on any atom is -0.326 e. The summed E-state index contributed by atoms with van der Waals surface area (Å²) in [5.41, 5.74) is 3.00. The third kappa shape index (κ3) is 3.82. The van der Waals surface area contributed by atoms with Gasteiger partial charge in [0, 0.05) is 23.4 Å². The van der Waals surface area contributed by atoms with Gasteiger partial charge in [-0.15, -0.1) is 11.3 Å². The topological polar surface area (TPSA) is 71.1 Å². The van der Waals surface area contributed by atoms with E-state index in [2.05, 4.69) is 29.5 Å². The first-order chi connectivity index (χ1) is 11.5. The Morgan fingerprint density at radius 2 is 2.21 bits per heavy atom. The molecule has 2 heterocycles. The zero-order chi connectivity index (χ0) is 17.1. The normalized spacial score (nSPS) is 16.6. The van der Waals surface area contributed by atoms with Crippen LogP contribution in [0, 0.1) is 5.92 Å². The van der Waals surface area contributed by atoms with Crippen molar-refractivity contribution < 1.29 is 9.59 Å². The van der Waals surface area contributed by atoms with E-state index in [1.165, 1.54) is 11.3 Å². The van der Waals surface area contributed by atoms with Gasteiger partial charge >= 0.3 is 0 Å². The van der Waals surface area contributed by atoms with Crippen LogP contribution in [0.4, 0.5) is 10.8 Å². The summed E-state index contributed by atoms with van der Waals surface area (Å²) < 4.78 is 0. The zero-order valence-corrected chi connectivity index (χ0v) is 14.7. The van der Waals surface area contributed by atoms with Gasteiger partial charge in [0.1, 0.15) is 0 Å². The molecule has 2 amide bonds. The summed E-state index contributed by atoms with van der Waals surface area (Å²) in [6.45, 7) is 4.14. The maximum atomic E-state index is 12.2. The fourth-order valence-electron chi connectivity index (χ4n) is 2.74. The van der Waals surface area contributed by atoms with Crippen molar-refractivity contribution in [2.24, 2.45) is 5.92 Å². The first-order valence-corrected chi connectivity index (χ1v) is 9.05. The van der Waals surface area contributed by atoms with Gasteiger partial charge in [0.05, 0.1) is 5.69 Å². The molecule has 1 atom stereocenters. The monoisotopic (exact) mass is 343 g/mol. The van der Waals surface area contributed by atoms with E-state index >= 15 is 0 Å². The Kier molecular flexibility index (Phi) is 4.94.